The van der Waals surface area contributed by atoms with Gasteiger partial charge < -0.3 is 10.3 Å². The van der Waals surface area contributed by atoms with Crippen molar-refractivity contribution >= 4 is 35.2 Å². The molecule has 2 N–H and O–H groups in total. The van der Waals surface area contributed by atoms with Crippen molar-refractivity contribution in [3.63, 3.8) is 0 Å². The standard InChI is InChI=1S/C14H13Cl2N3O/c15-12-2-1-3-13(16)11(12)4-5-14(20)18-7-6-10-8-17-9-19-10/h1-5,8-9H,6-7H2,(H,17,19)(H,18,20). The van der Waals surface area contributed by atoms with E-state index in [9.17, 15) is 4.79 Å². The molecule has 0 unspecified atom stereocenters. The highest BCUT2D eigenvalue weighted by molar-refractivity contribution is 6.37. The number of nitrogens with zero attached hydrogens (tertiary/aromatic N) is 1. The van der Waals surface area contributed by atoms with E-state index < -0.39 is 0 Å². The Labute approximate surface area is 126 Å². The third kappa shape index (κ3) is 4.11. The summed E-state index contributed by atoms with van der Waals surface area (Å²) in [6.45, 7) is 0.529. The van der Waals surface area contributed by atoms with Gasteiger partial charge in [0.2, 0.25) is 5.91 Å². The first-order valence-electron chi connectivity index (χ1n) is 6.04. The molecule has 104 valence electrons. The summed E-state index contributed by atoms with van der Waals surface area (Å²) in [5.74, 6) is -0.194. The SMILES string of the molecule is O=C(C=Cc1c(Cl)cccc1Cl)NCCc1cnc[nH]1. The van der Waals surface area contributed by atoms with Gasteiger partial charge in [0, 0.05) is 46.5 Å². The normalized spacial score (nSPS) is 10.9. The largest absolute Gasteiger partial charge is 0.352 e. The van der Waals surface area contributed by atoms with Crippen molar-refractivity contribution < 1.29 is 4.79 Å². The maximum atomic E-state index is 11.7. The Hall–Kier alpha value is -1.78. The topological polar surface area (TPSA) is 57.8 Å². The number of amides is 1. The Morgan fingerprint density at radius 2 is 2.10 bits per heavy atom. The van der Waals surface area contributed by atoms with Crippen LogP contribution in [-0.2, 0) is 11.2 Å². The highest BCUT2D eigenvalue weighted by Gasteiger charge is 2.02. The molecule has 6 heteroatoms. The molecule has 1 aromatic heterocycles. The predicted molar refractivity (Wildman–Crippen MR) is 80.8 cm³/mol. The van der Waals surface area contributed by atoms with E-state index in [1.807, 2.05) is 0 Å². The number of aromatic amines is 1. The maximum Gasteiger partial charge on any atom is 0.244 e. The van der Waals surface area contributed by atoms with E-state index >= 15 is 0 Å². The van der Waals surface area contributed by atoms with Gasteiger partial charge in [0.15, 0.2) is 0 Å². The number of imidazole rings is 1. The van der Waals surface area contributed by atoms with Crippen LogP contribution in [0.4, 0.5) is 0 Å². The third-order valence-corrected chi connectivity index (χ3v) is 3.31. The Bertz CT molecular complexity index is 589. The molecule has 4 nitrogen and oxygen atoms in total. The fourth-order valence-corrected chi connectivity index (χ4v) is 2.15. The number of nitrogens with one attached hydrogen (secondary N) is 2. The van der Waals surface area contributed by atoms with Gasteiger partial charge in [0.25, 0.3) is 0 Å². The first-order chi connectivity index (χ1) is 9.66. The summed E-state index contributed by atoms with van der Waals surface area (Å²) < 4.78 is 0. The molecule has 0 bridgehead atoms. The van der Waals surface area contributed by atoms with Crippen LogP contribution in [0.25, 0.3) is 6.08 Å². The van der Waals surface area contributed by atoms with E-state index in [0.29, 0.717) is 28.6 Å². The number of carbonyl (C=O) groups is 1. The average Bonchev–Trinajstić information content (AvgIpc) is 2.91. The molecule has 0 radical (unpaired) electrons. The molecule has 0 aliphatic heterocycles. The minimum atomic E-state index is -0.194. The summed E-state index contributed by atoms with van der Waals surface area (Å²) in [5, 5.41) is 3.80. The molecule has 0 aliphatic carbocycles. The Morgan fingerprint density at radius 3 is 2.75 bits per heavy atom. The fraction of sp³-hybridized carbons (Fsp3) is 0.143. The monoisotopic (exact) mass is 309 g/mol. The van der Waals surface area contributed by atoms with Crippen LogP contribution in [0.5, 0.6) is 0 Å². The van der Waals surface area contributed by atoms with E-state index in [1.165, 1.54) is 6.08 Å². The van der Waals surface area contributed by atoms with Gasteiger partial charge in [-0.3, -0.25) is 4.79 Å². The number of carbonyl (C=O) groups excluding carboxylic acids is 1. The quantitative estimate of drug-likeness (QED) is 0.834. The summed E-state index contributed by atoms with van der Waals surface area (Å²) in [7, 11) is 0. The maximum absolute atomic E-state index is 11.7. The Morgan fingerprint density at radius 1 is 1.35 bits per heavy atom. The van der Waals surface area contributed by atoms with Crippen LogP contribution in [0.15, 0.2) is 36.8 Å². The number of halogens is 2. The van der Waals surface area contributed by atoms with Crippen LogP contribution in [-0.4, -0.2) is 22.4 Å². The van der Waals surface area contributed by atoms with Crippen LogP contribution in [0, 0.1) is 0 Å². The lowest BCUT2D eigenvalue weighted by atomic mass is 10.2. The zero-order valence-corrected chi connectivity index (χ0v) is 12.1. The van der Waals surface area contributed by atoms with Crippen molar-refractivity contribution in [2.75, 3.05) is 6.54 Å². The van der Waals surface area contributed by atoms with E-state index in [2.05, 4.69) is 15.3 Å². The van der Waals surface area contributed by atoms with Crippen LogP contribution in [0.1, 0.15) is 11.3 Å². The lowest BCUT2D eigenvalue weighted by Gasteiger charge is -2.02. The predicted octanol–water partition coefficient (Wildman–Crippen LogP) is 3.09. The van der Waals surface area contributed by atoms with Crippen LogP contribution in [0.3, 0.4) is 0 Å². The number of benzene rings is 1. The molecular weight excluding hydrogens is 297 g/mol. The van der Waals surface area contributed by atoms with Crippen LogP contribution >= 0.6 is 23.2 Å². The molecule has 2 aromatic rings. The number of hydrogen-bond acceptors (Lipinski definition) is 2. The second-order valence-electron chi connectivity index (χ2n) is 4.09. The summed E-state index contributed by atoms with van der Waals surface area (Å²) >= 11 is 12.0. The number of hydrogen-bond donors (Lipinski definition) is 2. The van der Waals surface area contributed by atoms with E-state index in [-0.39, 0.29) is 5.91 Å². The van der Waals surface area contributed by atoms with E-state index in [0.717, 1.165) is 5.69 Å². The minimum absolute atomic E-state index is 0.194. The molecule has 0 saturated carbocycles. The van der Waals surface area contributed by atoms with Gasteiger partial charge in [-0.1, -0.05) is 29.3 Å². The molecule has 0 aliphatic rings. The molecule has 1 aromatic carbocycles. The van der Waals surface area contributed by atoms with Crippen molar-refractivity contribution in [3.8, 4) is 0 Å². The molecule has 0 saturated heterocycles. The third-order valence-electron chi connectivity index (χ3n) is 2.65. The number of aromatic nitrogens is 2. The minimum Gasteiger partial charge on any atom is -0.352 e. The Balaban J connectivity index is 1.86. The van der Waals surface area contributed by atoms with Crippen LogP contribution < -0.4 is 5.32 Å². The average molecular weight is 310 g/mol. The lowest BCUT2D eigenvalue weighted by molar-refractivity contribution is -0.116. The lowest BCUT2D eigenvalue weighted by Crippen LogP contribution is -2.23. The van der Waals surface area contributed by atoms with Gasteiger partial charge in [0.1, 0.15) is 0 Å². The molecule has 20 heavy (non-hydrogen) atoms. The second kappa shape index (κ2) is 7.12. The number of H-pyrrole nitrogens is 1. The zero-order chi connectivity index (χ0) is 14.4. The summed E-state index contributed by atoms with van der Waals surface area (Å²) in [5.41, 5.74) is 1.61. The summed E-state index contributed by atoms with van der Waals surface area (Å²) in [4.78, 5) is 18.5. The van der Waals surface area contributed by atoms with E-state index in [4.69, 9.17) is 23.2 Å². The molecule has 0 fully saturated rings. The van der Waals surface area contributed by atoms with Gasteiger partial charge in [-0.05, 0) is 18.2 Å². The second-order valence-corrected chi connectivity index (χ2v) is 4.90. The highest BCUT2D eigenvalue weighted by atomic mass is 35.5. The first kappa shape index (κ1) is 14.6. The van der Waals surface area contributed by atoms with E-state index in [1.54, 1.807) is 36.8 Å². The molecule has 2 rings (SSSR count). The van der Waals surface area contributed by atoms with Gasteiger partial charge in [-0.15, -0.1) is 0 Å². The van der Waals surface area contributed by atoms with Crippen LogP contribution in [0.2, 0.25) is 10.0 Å². The molecular formula is C14H13Cl2N3O. The van der Waals surface area contributed by atoms with Crippen molar-refractivity contribution in [2.45, 2.75) is 6.42 Å². The van der Waals surface area contributed by atoms with Gasteiger partial charge >= 0.3 is 0 Å². The van der Waals surface area contributed by atoms with Crippen molar-refractivity contribution in [1.29, 1.82) is 0 Å². The molecule has 1 heterocycles. The summed E-state index contributed by atoms with van der Waals surface area (Å²) in [6, 6.07) is 5.21. The fourth-order valence-electron chi connectivity index (χ4n) is 1.63. The van der Waals surface area contributed by atoms with Crippen molar-refractivity contribution in [1.82, 2.24) is 15.3 Å². The zero-order valence-electron chi connectivity index (χ0n) is 10.6. The van der Waals surface area contributed by atoms with Crippen molar-refractivity contribution in [2.24, 2.45) is 0 Å². The molecule has 1 amide bonds. The van der Waals surface area contributed by atoms with Gasteiger partial charge in [0.05, 0.1) is 6.33 Å². The van der Waals surface area contributed by atoms with Gasteiger partial charge in [-0.2, -0.15) is 0 Å². The smallest absolute Gasteiger partial charge is 0.244 e. The highest BCUT2D eigenvalue weighted by Crippen LogP contribution is 2.25. The summed E-state index contributed by atoms with van der Waals surface area (Å²) in [6.07, 6.45) is 7.06. The van der Waals surface area contributed by atoms with Crippen molar-refractivity contribution in [3.05, 3.63) is 58.1 Å². The van der Waals surface area contributed by atoms with Gasteiger partial charge in [-0.25, -0.2) is 4.98 Å². The Kier molecular flexibility index (Phi) is 5.21. The number of rotatable bonds is 5. The first-order valence-corrected chi connectivity index (χ1v) is 6.79. The molecule has 0 atom stereocenters. The molecule has 0 spiro atoms.